The van der Waals surface area contributed by atoms with Crippen molar-refractivity contribution in [2.24, 2.45) is 0 Å². The zero-order chi connectivity index (χ0) is 15.1. The summed E-state index contributed by atoms with van der Waals surface area (Å²) in [5, 5.41) is 13.9. The van der Waals surface area contributed by atoms with Crippen LogP contribution in [0.15, 0.2) is 42.5 Å². The average Bonchev–Trinajstić information content (AvgIpc) is 3.05. The minimum absolute atomic E-state index is 0.0483. The normalized spacial score (nSPS) is 22.7. The second kappa shape index (κ2) is 5.41. The summed E-state index contributed by atoms with van der Waals surface area (Å²) in [5.74, 6) is 0. The lowest BCUT2D eigenvalue weighted by molar-refractivity contribution is 0.140. The number of hydrogen-bond acceptors (Lipinski definition) is 3. The summed E-state index contributed by atoms with van der Waals surface area (Å²) in [6.07, 6.45) is 1.56. The summed E-state index contributed by atoms with van der Waals surface area (Å²) in [7, 11) is 2.15. The minimum atomic E-state index is -0.321. The summed E-state index contributed by atoms with van der Waals surface area (Å²) in [4.78, 5) is 2.31. The standard InChI is InChI=1S/C19H22N2O/c1-21-9-8-15-10-13(6-7-17(15)21)12-20-19-16-5-3-2-4-14(16)11-18(19)22/h2-7,10,18-20,22H,8-9,11-12H2,1H3/t18-,19+/m1/s1. The van der Waals surface area contributed by atoms with Gasteiger partial charge in [-0.1, -0.05) is 36.4 Å². The van der Waals surface area contributed by atoms with E-state index in [1.165, 1.54) is 27.9 Å². The fraction of sp³-hybridized carbons (Fsp3) is 0.368. The molecule has 2 aliphatic rings. The first-order chi connectivity index (χ1) is 10.7. The molecule has 2 aromatic carbocycles. The van der Waals surface area contributed by atoms with Crippen LogP contribution in [0.3, 0.4) is 0 Å². The van der Waals surface area contributed by atoms with Crippen LogP contribution in [0, 0.1) is 0 Å². The first-order valence-corrected chi connectivity index (χ1v) is 8.04. The molecule has 4 rings (SSSR count). The second-order valence-electron chi connectivity index (χ2n) is 6.46. The number of hydrogen-bond donors (Lipinski definition) is 2. The maximum Gasteiger partial charge on any atom is 0.0775 e. The quantitative estimate of drug-likeness (QED) is 0.912. The summed E-state index contributed by atoms with van der Waals surface area (Å²) in [5.41, 5.74) is 6.61. The van der Waals surface area contributed by atoms with Crippen LogP contribution in [-0.4, -0.2) is 24.8 Å². The number of anilines is 1. The third-order valence-corrected chi connectivity index (χ3v) is 5.00. The van der Waals surface area contributed by atoms with Crippen molar-refractivity contribution in [3.05, 3.63) is 64.7 Å². The fourth-order valence-corrected chi connectivity index (χ4v) is 3.78. The van der Waals surface area contributed by atoms with Crippen molar-refractivity contribution in [2.45, 2.75) is 31.5 Å². The lowest BCUT2D eigenvalue weighted by Crippen LogP contribution is -2.28. The average molecular weight is 294 g/mol. The van der Waals surface area contributed by atoms with Gasteiger partial charge >= 0.3 is 0 Å². The maximum atomic E-state index is 10.3. The molecule has 0 saturated heterocycles. The van der Waals surface area contributed by atoms with Crippen LogP contribution in [0.5, 0.6) is 0 Å². The van der Waals surface area contributed by atoms with Gasteiger partial charge in [-0.2, -0.15) is 0 Å². The Labute approximate surface area is 131 Å². The summed E-state index contributed by atoms with van der Waals surface area (Å²) in [6, 6.07) is 15.1. The topological polar surface area (TPSA) is 35.5 Å². The van der Waals surface area contributed by atoms with Gasteiger partial charge in [0, 0.05) is 32.2 Å². The van der Waals surface area contributed by atoms with Crippen LogP contribution < -0.4 is 10.2 Å². The van der Waals surface area contributed by atoms with Crippen molar-refractivity contribution < 1.29 is 5.11 Å². The molecule has 0 spiro atoms. The van der Waals surface area contributed by atoms with Crippen LogP contribution in [0.1, 0.15) is 28.3 Å². The molecule has 2 N–H and O–H groups in total. The van der Waals surface area contributed by atoms with Crippen LogP contribution in [-0.2, 0) is 19.4 Å². The van der Waals surface area contributed by atoms with E-state index in [1.54, 1.807) is 0 Å². The van der Waals surface area contributed by atoms with Gasteiger partial charge in [-0.25, -0.2) is 0 Å². The van der Waals surface area contributed by atoms with Crippen molar-refractivity contribution in [1.29, 1.82) is 0 Å². The van der Waals surface area contributed by atoms with E-state index in [2.05, 4.69) is 53.7 Å². The molecule has 114 valence electrons. The number of aliphatic hydroxyl groups is 1. The highest BCUT2D eigenvalue weighted by atomic mass is 16.3. The van der Waals surface area contributed by atoms with Gasteiger partial charge in [0.15, 0.2) is 0 Å². The maximum absolute atomic E-state index is 10.3. The van der Waals surface area contributed by atoms with Gasteiger partial charge in [-0.15, -0.1) is 0 Å². The van der Waals surface area contributed by atoms with Crippen molar-refractivity contribution >= 4 is 5.69 Å². The summed E-state index contributed by atoms with van der Waals surface area (Å²) in [6.45, 7) is 1.91. The molecule has 0 saturated carbocycles. The lowest BCUT2D eigenvalue weighted by atomic mass is 10.1. The van der Waals surface area contributed by atoms with Crippen molar-refractivity contribution in [3.8, 4) is 0 Å². The zero-order valence-corrected chi connectivity index (χ0v) is 12.9. The number of likely N-dealkylation sites (N-methyl/N-ethyl adjacent to an activating group) is 1. The molecule has 1 aliphatic carbocycles. The molecule has 0 unspecified atom stereocenters. The van der Waals surface area contributed by atoms with Gasteiger partial charge in [0.2, 0.25) is 0 Å². The molecule has 2 atom stereocenters. The third-order valence-electron chi connectivity index (χ3n) is 5.00. The molecular formula is C19H22N2O. The molecular weight excluding hydrogens is 272 g/mol. The van der Waals surface area contributed by atoms with Crippen molar-refractivity contribution in [2.75, 3.05) is 18.5 Å². The highest BCUT2D eigenvalue weighted by Crippen LogP contribution is 2.32. The lowest BCUT2D eigenvalue weighted by Gasteiger charge is -2.18. The number of aliphatic hydroxyl groups excluding tert-OH is 1. The van der Waals surface area contributed by atoms with Gasteiger partial charge in [0.1, 0.15) is 0 Å². The summed E-state index contributed by atoms with van der Waals surface area (Å²) >= 11 is 0. The van der Waals surface area contributed by atoms with Crippen LogP contribution >= 0.6 is 0 Å². The molecule has 2 aromatic rings. The SMILES string of the molecule is CN1CCc2cc(CN[C@H]3c4ccccc4C[C@H]3O)ccc21. The van der Waals surface area contributed by atoms with Crippen LogP contribution in [0.2, 0.25) is 0 Å². The Kier molecular flexibility index (Phi) is 3.40. The Morgan fingerprint density at radius 2 is 2.05 bits per heavy atom. The van der Waals surface area contributed by atoms with Gasteiger partial charge in [-0.3, -0.25) is 0 Å². The largest absolute Gasteiger partial charge is 0.391 e. The Hall–Kier alpha value is -1.84. The number of benzene rings is 2. The van der Waals surface area contributed by atoms with E-state index in [0.717, 1.165) is 25.9 Å². The second-order valence-corrected chi connectivity index (χ2v) is 6.46. The summed E-state index contributed by atoms with van der Waals surface area (Å²) < 4.78 is 0. The van der Waals surface area contributed by atoms with E-state index < -0.39 is 0 Å². The van der Waals surface area contributed by atoms with Crippen molar-refractivity contribution in [3.63, 3.8) is 0 Å². The number of nitrogens with one attached hydrogen (secondary N) is 1. The Balaban J connectivity index is 1.49. The number of nitrogens with zero attached hydrogens (tertiary/aromatic N) is 1. The predicted octanol–water partition coefficient (Wildman–Crippen LogP) is 2.43. The predicted molar refractivity (Wildman–Crippen MR) is 89.1 cm³/mol. The van der Waals surface area contributed by atoms with Crippen molar-refractivity contribution in [1.82, 2.24) is 5.32 Å². The Bertz CT molecular complexity index is 698. The van der Waals surface area contributed by atoms with E-state index in [9.17, 15) is 5.11 Å². The molecule has 1 heterocycles. The smallest absolute Gasteiger partial charge is 0.0775 e. The fourth-order valence-electron chi connectivity index (χ4n) is 3.78. The van der Waals surface area contributed by atoms with Gasteiger partial charge < -0.3 is 15.3 Å². The van der Waals surface area contributed by atoms with E-state index in [0.29, 0.717) is 0 Å². The van der Waals surface area contributed by atoms with Gasteiger partial charge in [0.25, 0.3) is 0 Å². The molecule has 3 nitrogen and oxygen atoms in total. The van der Waals surface area contributed by atoms with Gasteiger partial charge in [-0.05, 0) is 34.7 Å². The van der Waals surface area contributed by atoms with E-state index in [4.69, 9.17) is 0 Å². The molecule has 3 heteroatoms. The minimum Gasteiger partial charge on any atom is -0.391 e. The van der Waals surface area contributed by atoms with Gasteiger partial charge in [0.05, 0.1) is 12.1 Å². The third kappa shape index (κ3) is 2.31. The molecule has 22 heavy (non-hydrogen) atoms. The van der Waals surface area contributed by atoms with Crippen LogP contribution in [0.25, 0.3) is 0 Å². The van der Waals surface area contributed by atoms with E-state index in [-0.39, 0.29) is 12.1 Å². The van der Waals surface area contributed by atoms with E-state index >= 15 is 0 Å². The molecule has 0 fully saturated rings. The highest BCUT2D eigenvalue weighted by Gasteiger charge is 2.30. The number of rotatable bonds is 3. The number of fused-ring (bicyclic) bond motifs is 2. The molecule has 1 aliphatic heterocycles. The van der Waals surface area contributed by atoms with Crippen LogP contribution in [0.4, 0.5) is 5.69 Å². The monoisotopic (exact) mass is 294 g/mol. The Morgan fingerprint density at radius 1 is 1.18 bits per heavy atom. The first-order valence-electron chi connectivity index (χ1n) is 8.04. The molecule has 0 aromatic heterocycles. The zero-order valence-electron chi connectivity index (χ0n) is 12.9. The first kappa shape index (κ1) is 13.8. The molecule has 0 amide bonds. The highest BCUT2D eigenvalue weighted by molar-refractivity contribution is 5.58. The van der Waals surface area contributed by atoms with E-state index in [1.807, 2.05) is 6.07 Å². The molecule has 0 radical (unpaired) electrons. The molecule has 0 bridgehead atoms. The Morgan fingerprint density at radius 3 is 2.95 bits per heavy atom.